The second-order valence-electron chi connectivity index (χ2n) is 12.4. The fourth-order valence-electron chi connectivity index (χ4n) is 10.3. The number of hydrogen-bond donors (Lipinski definition) is 0. The SMILES string of the molecule is CCOC(=O)[C@@H]1CC2=CC(=O)[C@@H]3C[C@@H]3C2(C)C2CCC3(C)C(C21)[C@@H]1C[C@@H]1C31CCC(=O)O1. The van der Waals surface area contributed by atoms with Gasteiger partial charge in [-0.25, -0.2) is 0 Å². The van der Waals surface area contributed by atoms with Crippen LogP contribution >= 0.6 is 0 Å². The summed E-state index contributed by atoms with van der Waals surface area (Å²) >= 11 is 0. The first-order valence-electron chi connectivity index (χ1n) is 12.9. The van der Waals surface area contributed by atoms with Crippen LogP contribution in [0.5, 0.6) is 0 Å². The average molecular weight is 439 g/mol. The smallest absolute Gasteiger partial charge is 0.309 e. The van der Waals surface area contributed by atoms with E-state index in [0.717, 1.165) is 32.1 Å². The Balaban J connectivity index is 1.35. The Kier molecular flexibility index (Phi) is 3.63. The average Bonchev–Trinajstić information content (AvgIpc) is 3.66. The van der Waals surface area contributed by atoms with Gasteiger partial charge < -0.3 is 9.47 Å². The molecule has 0 aromatic heterocycles. The molecule has 0 aromatic carbocycles. The zero-order valence-electron chi connectivity index (χ0n) is 19.4. The lowest BCUT2D eigenvalue weighted by molar-refractivity contribution is -0.187. The predicted molar refractivity (Wildman–Crippen MR) is 115 cm³/mol. The van der Waals surface area contributed by atoms with E-state index in [-0.39, 0.29) is 51.9 Å². The third kappa shape index (κ3) is 2.06. The number of rotatable bonds is 2. The maximum atomic E-state index is 13.4. The maximum absolute atomic E-state index is 13.4. The zero-order chi connectivity index (χ0) is 22.2. The van der Waals surface area contributed by atoms with Gasteiger partial charge in [0.2, 0.25) is 0 Å². The van der Waals surface area contributed by atoms with Crippen molar-refractivity contribution in [2.75, 3.05) is 6.61 Å². The van der Waals surface area contributed by atoms with Gasteiger partial charge in [-0.05, 0) is 86.5 Å². The normalized spacial score (nSPS) is 56.3. The van der Waals surface area contributed by atoms with Gasteiger partial charge in [0.15, 0.2) is 5.78 Å². The quantitative estimate of drug-likeness (QED) is 0.607. The number of carbonyl (C=O) groups excluding carboxylic acids is 3. The molecule has 32 heavy (non-hydrogen) atoms. The van der Waals surface area contributed by atoms with E-state index < -0.39 is 0 Å². The molecule has 5 heteroatoms. The number of ether oxygens (including phenoxy) is 2. The van der Waals surface area contributed by atoms with Gasteiger partial charge in [0.1, 0.15) is 5.60 Å². The highest BCUT2D eigenvalue weighted by Crippen LogP contribution is 2.81. The standard InChI is InChI=1S/C27H34O5/c1-4-31-24(30)16-9-13-10-20(28)14-11-18(14)26(13,3)17-5-7-25(2)23(22(16)17)15-12-19(15)27(25)8-6-21(29)32-27/h10,14-19,22-23H,4-9,11-12H2,1-3H3/t14-,15-,16-,17?,18+,19+,22?,23?,25?,26?,27?/m1/s1. The first-order chi connectivity index (χ1) is 15.3. The molecule has 1 heterocycles. The van der Waals surface area contributed by atoms with Crippen LogP contribution in [0.4, 0.5) is 0 Å². The lowest BCUT2D eigenvalue weighted by Crippen LogP contribution is -2.60. The topological polar surface area (TPSA) is 69.7 Å². The summed E-state index contributed by atoms with van der Waals surface area (Å²) < 4.78 is 11.9. The molecule has 6 unspecified atom stereocenters. The Morgan fingerprint density at radius 3 is 2.69 bits per heavy atom. The molecule has 7 rings (SSSR count). The monoisotopic (exact) mass is 438 g/mol. The number of ketones is 1. The van der Waals surface area contributed by atoms with Crippen LogP contribution in [0.3, 0.4) is 0 Å². The summed E-state index contributed by atoms with van der Waals surface area (Å²) in [7, 11) is 0. The zero-order valence-corrected chi connectivity index (χ0v) is 19.4. The van der Waals surface area contributed by atoms with Crippen LogP contribution in [-0.2, 0) is 23.9 Å². The van der Waals surface area contributed by atoms with Gasteiger partial charge in [-0.3, -0.25) is 14.4 Å². The summed E-state index contributed by atoms with van der Waals surface area (Å²) in [6, 6.07) is 0. The Bertz CT molecular complexity index is 983. The minimum absolute atomic E-state index is 0.0278. The van der Waals surface area contributed by atoms with E-state index in [1.807, 2.05) is 13.0 Å². The van der Waals surface area contributed by atoms with Crippen LogP contribution in [-0.4, -0.2) is 29.9 Å². The maximum Gasteiger partial charge on any atom is 0.309 e. The number of hydrogen-bond acceptors (Lipinski definition) is 5. The van der Waals surface area contributed by atoms with Crippen molar-refractivity contribution in [3.8, 4) is 0 Å². The molecule has 0 radical (unpaired) electrons. The fraction of sp³-hybridized carbons (Fsp3) is 0.815. The molecule has 0 aromatic rings. The second kappa shape index (κ2) is 5.88. The second-order valence-corrected chi connectivity index (χ2v) is 12.4. The highest BCUT2D eigenvalue weighted by Gasteiger charge is 2.80. The molecule has 1 saturated heterocycles. The molecule has 172 valence electrons. The van der Waals surface area contributed by atoms with Crippen LogP contribution in [0.25, 0.3) is 0 Å². The van der Waals surface area contributed by atoms with E-state index in [9.17, 15) is 14.4 Å². The lowest BCUT2D eigenvalue weighted by atomic mass is 9.43. The Hall–Kier alpha value is -1.65. The van der Waals surface area contributed by atoms with Crippen molar-refractivity contribution in [3.05, 3.63) is 11.6 Å². The highest BCUT2D eigenvalue weighted by atomic mass is 16.6. The number of esters is 2. The lowest BCUT2D eigenvalue weighted by Gasteiger charge is -2.61. The van der Waals surface area contributed by atoms with Crippen LogP contribution in [0, 0.1) is 58.2 Å². The molecule has 11 atom stereocenters. The van der Waals surface area contributed by atoms with Crippen molar-refractivity contribution in [2.45, 2.75) is 71.3 Å². The Morgan fingerprint density at radius 2 is 1.97 bits per heavy atom. The molecule has 6 fully saturated rings. The largest absolute Gasteiger partial charge is 0.466 e. The van der Waals surface area contributed by atoms with Crippen molar-refractivity contribution in [2.24, 2.45) is 58.2 Å². The molecule has 0 bridgehead atoms. The van der Waals surface area contributed by atoms with E-state index >= 15 is 0 Å². The first-order valence-corrected chi connectivity index (χ1v) is 12.9. The molecule has 1 spiro atoms. The van der Waals surface area contributed by atoms with Crippen molar-refractivity contribution >= 4 is 17.7 Å². The van der Waals surface area contributed by atoms with E-state index in [1.165, 1.54) is 5.57 Å². The summed E-state index contributed by atoms with van der Waals surface area (Å²) in [5, 5.41) is 0. The van der Waals surface area contributed by atoms with Gasteiger partial charge in [-0.2, -0.15) is 0 Å². The van der Waals surface area contributed by atoms with Gasteiger partial charge in [0.05, 0.1) is 12.5 Å². The van der Waals surface area contributed by atoms with Crippen LogP contribution in [0.15, 0.2) is 11.6 Å². The minimum Gasteiger partial charge on any atom is -0.466 e. The predicted octanol–water partition coefficient (Wildman–Crippen LogP) is 4.10. The molecule has 6 aliphatic carbocycles. The molecular formula is C27H34O5. The number of fused-ring (bicyclic) bond motifs is 11. The van der Waals surface area contributed by atoms with Gasteiger partial charge >= 0.3 is 11.9 Å². The molecule has 5 saturated carbocycles. The van der Waals surface area contributed by atoms with E-state index in [0.29, 0.717) is 49.0 Å². The van der Waals surface area contributed by atoms with Crippen molar-refractivity contribution < 1.29 is 23.9 Å². The summed E-state index contributed by atoms with van der Waals surface area (Å²) in [4.78, 5) is 38.3. The summed E-state index contributed by atoms with van der Waals surface area (Å²) in [5.74, 6) is 2.74. The third-order valence-electron chi connectivity index (χ3n) is 11.7. The van der Waals surface area contributed by atoms with Crippen molar-refractivity contribution in [1.82, 2.24) is 0 Å². The van der Waals surface area contributed by atoms with E-state index in [4.69, 9.17) is 9.47 Å². The molecule has 0 N–H and O–H groups in total. The van der Waals surface area contributed by atoms with Crippen LogP contribution in [0.2, 0.25) is 0 Å². The van der Waals surface area contributed by atoms with Gasteiger partial charge in [-0.15, -0.1) is 0 Å². The van der Waals surface area contributed by atoms with Gasteiger partial charge in [0, 0.05) is 23.7 Å². The van der Waals surface area contributed by atoms with Crippen LogP contribution < -0.4 is 0 Å². The van der Waals surface area contributed by atoms with Gasteiger partial charge in [0.25, 0.3) is 0 Å². The molecule has 1 aliphatic heterocycles. The van der Waals surface area contributed by atoms with E-state index in [1.54, 1.807) is 0 Å². The van der Waals surface area contributed by atoms with E-state index in [2.05, 4.69) is 13.8 Å². The molecule has 5 nitrogen and oxygen atoms in total. The minimum atomic E-state index is -0.314. The van der Waals surface area contributed by atoms with Gasteiger partial charge in [-0.1, -0.05) is 19.4 Å². The third-order valence-corrected chi connectivity index (χ3v) is 11.7. The van der Waals surface area contributed by atoms with Crippen molar-refractivity contribution in [3.63, 3.8) is 0 Å². The number of carbonyl (C=O) groups is 3. The summed E-state index contributed by atoms with van der Waals surface area (Å²) in [6.07, 6.45) is 8.23. The number of allylic oxidation sites excluding steroid dienone is 1. The molecule has 7 aliphatic rings. The summed E-state index contributed by atoms with van der Waals surface area (Å²) in [6.45, 7) is 7.05. The Labute approximate surface area is 189 Å². The van der Waals surface area contributed by atoms with Crippen molar-refractivity contribution in [1.29, 1.82) is 0 Å². The fourth-order valence-corrected chi connectivity index (χ4v) is 10.3. The van der Waals surface area contributed by atoms with Crippen LogP contribution in [0.1, 0.15) is 65.7 Å². The first kappa shape index (κ1) is 19.8. The molecule has 0 amide bonds. The molecular weight excluding hydrogens is 404 g/mol. The highest BCUT2D eigenvalue weighted by molar-refractivity contribution is 5.96. The Morgan fingerprint density at radius 1 is 1.16 bits per heavy atom. The summed E-state index contributed by atoms with van der Waals surface area (Å²) in [5.41, 5.74) is 0.881.